The number of halogens is 1. The molecule has 0 aromatic rings. The molecule has 2 fully saturated rings. The van der Waals surface area contributed by atoms with E-state index in [4.69, 9.17) is 16.3 Å². The van der Waals surface area contributed by atoms with Crippen LogP contribution in [-0.4, -0.2) is 41.5 Å². The van der Waals surface area contributed by atoms with Gasteiger partial charge in [-0.25, -0.2) is 0 Å². The Kier molecular flexibility index (Phi) is 3.45. The Labute approximate surface area is 102 Å². The first-order valence-corrected chi connectivity index (χ1v) is 6.58. The first-order chi connectivity index (χ1) is 7.52. The minimum Gasteiger partial charge on any atom is -0.367 e. The maximum Gasteiger partial charge on any atom is 0.225 e. The number of carbonyl (C=O) groups is 1. The molecule has 0 bridgehead atoms. The van der Waals surface area contributed by atoms with Crippen LogP contribution >= 0.6 is 11.6 Å². The van der Waals surface area contributed by atoms with Gasteiger partial charge in [0.2, 0.25) is 5.91 Å². The number of alkyl halides is 1. The summed E-state index contributed by atoms with van der Waals surface area (Å²) in [6.07, 6.45) is 3.29. The van der Waals surface area contributed by atoms with E-state index in [1.54, 1.807) is 0 Å². The second-order valence-electron chi connectivity index (χ2n) is 5.50. The van der Waals surface area contributed by atoms with E-state index < -0.39 is 0 Å². The topological polar surface area (TPSA) is 29.5 Å². The number of nitrogens with zero attached hydrogens (tertiary/aromatic N) is 1. The van der Waals surface area contributed by atoms with Crippen molar-refractivity contribution >= 4 is 17.5 Å². The molecule has 0 spiro atoms. The summed E-state index contributed by atoms with van der Waals surface area (Å²) in [5.74, 6) is 1.03. The van der Waals surface area contributed by atoms with Crippen LogP contribution in [-0.2, 0) is 9.53 Å². The van der Waals surface area contributed by atoms with Crippen LogP contribution in [0.15, 0.2) is 0 Å². The summed E-state index contributed by atoms with van der Waals surface area (Å²) in [6, 6.07) is 0. The number of morpholine rings is 1. The average Bonchev–Trinajstić information content (AvgIpc) is 2.12. The zero-order valence-electron chi connectivity index (χ0n) is 10.0. The molecule has 0 aromatic carbocycles. The number of carbonyl (C=O) groups excluding carboxylic acids is 1. The van der Waals surface area contributed by atoms with Crippen molar-refractivity contribution in [3.8, 4) is 0 Å². The van der Waals surface area contributed by atoms with Crippen LogP contribution in [0.3, 0.4) is 0 Å². The summed E-state index contributed by atoms with van der Waals surface area (Å²) in [5, 5.41) is 0. The van der Waals surface area contributed by atoms with E-state index in [9.17, 15) is 4.79 Å². The van der Waals surface area contributed by atoms with Crippen molar-refractivity contribution in [2.75, 3.05) is 19.0 Å². The van der Waals surface area contributed by atoms with E-state index in [-0.39, 0.29) is 17.6 Å². The van der Waals surface area contributed by atoms with Crippen molar-refractivity contribution in [2.45, 2.75) is 44.8 Å². The molecule has 1 aliphatic heterocycles. The molecule has 1 saturated heterocycles. The Bertz CT molecular complexity index is 276. The Morgan fingerprint density at radius 2 is 2.19 bits per heavy atom. The Balaban J connectivity index is 2.00. The molecular formula is C12H20ClNO2. The van der Waals surface area contributed by atoms with E-state index in [1.165, 1.54) is 6.42 Å². The lowest BCUT2D eigenvalue weighted by Crippen LogP contribution is -2.56. The molecule has 1 unspecified atom stereocenters. The molecule has 0 N–H and O–H groups in total. The predicted octanol–water partition coefficient (Wildman–Crippen LogP) is 2.03. The summed E-state index contributed by atoms with van der Waals surface area (Å²) in [5.41, 5.74) is -0.267. The summed E-state index contributed by atoms with van der Waals surface area (Å²) in [7, 11) is 0. The van der Waals surface area contributed by atoms with Crippen molar-refractivity contribution in [2.24, 2.45) is 5.92 Å². The van der Waals surface area contributed by atoms with Crippen LogP contribution in [0.25, 0.3) is 0 Å². The van der Waals surface area contributed by atoms with Gasteiger partial charge >= 0.3 is 0 Å². The van der Waals surface area contributed by atoms with Gasteiger partial charge in [-0.1, -0.05) is 6.42 Å². The van der Waals surface area contributed by atoms with Gasteiger partial charge in [0.15, 0.2) is 0 Å². The Hall–Kier alpha value is -0.280. The van der Waals surface area contributed by atoms with E-state index in [1.807, 2.05) is 18.7 Å². The number of hydrogen-bond acceptors (Lipinski definition) is 2. The summed E-state index contributed by atoms with van der Waals surface area (Å²) in [4.78, 5) is 14.1. The van der Waals surface area contributed by atoms with Gasteiger partial charge in [0.1, 0.15) is 0 Å². The number of hydrogen-bond donors (Lipinski definition) is 0. The van der Waals surface area contributed by atoms with Gasteiger partial charge in [-0.05, 0) is 26.7 Å². The van der Waals surface area contributed by atoms with Crippen LogP contribution in [0.2, 0.25) is 0 Å². The fraction of sp³-hybridized carbons (Fsp3) is 0.917. The highest BCUT2D eigenvalue weighted by Gasteiger charge is 2.38. The Morgan fingerprint density at radius 1 is 1.50 bits per heavy atom. The smallest absolute Gasteiger partial charge is 0.225 e. The zero-order valence-corrected chi connectivity index (χ0v) is 10.8. The predicted molar refractivity (Wildman–Crippen MR) is 63.6 cm³/mol. The van der Waals surface area contributed by atoms with Gasteiger partial charge in [-0.15, -0.1) is 11.6 Å². The maximum atomic E-state index is 12.2. The molecule has 0 aromatic heterocycles. The van der Waals surface area contributed by atoms with Gasteiger partial charge in [-0.2, -0.15) is 0 Å². The SMILES string of the molecule is CC1(C)CN(C(=O)C2CCC2)CC(CCl)O1. The van der Waals surface area contributed by atoms with Crippen molar-refractivity contribution in [1.29, 1.82) is 0 Å². The van der Waals surface area contributed by atoms with E-state index in [0.717, 1.165) is 12.8 Å². The molecule has 2 rings (SSSR count). The minimum absolute atomic E-state index is 0.0190. The molecule has 1 aliphatic carbocycles. The monoisotopic (exact) mass is 245 g/mol. The third kappa shape index (κ3) is 2.51. The lowest BCUT2D eigenvalue weighted by atomic mass is 9.84. The molecule has 1 heterocycles. The molecule has 92 valence electrons. The molecule has 1 atom stereocenters. The largest absolute Gasteiger partial charge is 0.367 e. The molecule has 3 nitrogen and oxygen atoms in total. The molecule has 1 saturated carbocycles. The second kappa shape index (κ2) is 4.53. The zero-order chi connectivity index (χ0) is 11.8. The molecule has 0 radical (unpaired) electrons. The standard InChI is InChI=1S/C12H20ClNO2/c1-12(2)8-14(7-10(6-13)16-12)11(15)9-4-3-5-9/h9-10H,3-8H2,1-2H3. The minimum atomic E-state index is -0.267. The second-order valence-corrected chi connectivity index (χ2v) is 5.81. The van der Waals surface area contributed by atoms with E-state index >= 15 is 0 Å². The number of rotatable bonds is 2. The van der Waals surface area contributed by atoms with Gasteiger partial charge in [0.05, 0.1) is 17.6 Å². The molecule has 1 amide bonds. The number of amides is 1. The molecule has 2 aliphatic rings. The van der Waals surface area contributed by atoms with E-state index in [2.05, 4.69) is 0 Å². The van der Waals surface area contributed by atoms with Crippen LogP contribution in [0.5, 0.6) is 0 Å². The van der Waals surface area contributed by atoms with Crippen LogP contribution in [0.4, 0.5) is 0 Å². The quantitative estimate of drug-likeness (QED) is 0.697. The summed E-state index contributed by atoms with van der Waals surface area (Å²) in [6.45, 7) is 5.39. The van der Waals surface area contributed by atoms with Crippen molar-refractivity contribution < 1.29 is 9.53 Å². The normalized spacial score (nSPS) is 29.9. The first-order valence-electron chi connectivity index (χ1n) is 6.04. The van der Waals surface area contributed by atoms with Gasteiger partial charge in [0.25, 0.3) is 0 Å². The molecule has 16 heavy (non-hydrogen) atoms. The fourth-order valence-electron chi connectivity index (χ4n) is 2.46. The lowest BCUT2D eigenvalue weighted by molar-refractivity contribution is -0.163. The van der Waals surface area contributed by atoms with Crippen LogP contribution in [0.1, 0.15) is 33.1 Å². The average molecular weight is 246 g/mol. The van der Waals surface area contributed by atoms with Gasteiger partial charge in [-0.3, -0.25) is 4.79 Å². The summed E-state index contributed by atoms with van der Waals surface area (Å²) >= 11 is 5.84. The number of ether oxygens (including phenoxy) is 1. The first kappa shape index (κ1) is 12.2. The molecule has 4 heteroatoms. The molecular weight excluding hydrogens is 226 g/mol. The lowest BCUT2D eigenvalue weighted by Gasteiger charge is -2.44. The van der Waals surface area contributed by atoms with Gasteiger partial charge in [0, 0.05) is 19.0 Å². The van der Waals surface area contributed by atoms with E-state index in [0.29, 0.717) is 24.9 Å². The highest BCUT2D eigenvalue weighted by Crippen LogP contribution is 2.31. The Morgan fingerprint density at radius 3 is 2.69 bits per heavy atom. The van der Waals surface area contributed by atoms with Crippen molar-refractivity contribution in [3.05, 3.63) is 0 Å². The third-order valence-electron chi connectivity index (χ3n) is 3.42. The van der Waals surface area contributed by atoms with Crippen LogP contribution < -0.4 is 0 Å². The van der Waals surface area contributed by atoms with Crippen LogP contribution in [0, 0.1) is 5.92 Å². The maximum absolute atomic E-state index is 12.2. The highest BCUT2D eigenvalue weighted by atomic mass is 35.5. The van der Waals surface area contributed by atoms with Gasteiger partial charge < -0.3 is 9.64 Å². The summed E-state index contributed by atoms with van der Waals surface area (Å²) < 4.78 is 5.81. The van der Waals surface area contributed by atoms with Crippen molar-refractivity contribution in [1.82, 2.24) is 4.90 Å². The highest BCUT2D eigenvalue weighted by molar-refractivity contribution is 6.18. The fourth-order valence-corrected chi connectivity index (χ4v) is 2.62. The third-order valence-corrected chi connectivity index (χ3v) is 3.76. The van der Waals surface area contributed by atoms with Crippen molar-refractivity contribution in [3.63, 3.8) is 0 Å².